The molecule has 1 aromatic heterocycles. The molecule has 0 aliphatic carbocycles. The molecule has 0 aliphatic rings. The van der Waals surface area contributed by atoms with Crippen molar-refractivity contribution < 1.29 is 4.74 Å². The highest BCUT2D eigenvalue weighted by atomic mass is 16.5. The molecular weight excluding hydrogens is 214 g/mol. The topological polar surface area (TPSA) is 60.2 Å². The van der Waals surface area contributed by atoms with Crippen molar-refractivity contribution >= 4 is 0 Å². The van der Waals surface area contributed by atoms with E-state index in [1.807, 2.05) is 6.07 Å². The van der Waals surface area contributed by atoms with Crippen molar-refractivity contribution in [2.45, 2.75) is 39.2 Å². The van der Waals surface area contributed by atoms with E-state index in [2.05, 4.69) is 24.3 Å². The zero-order valence-corrected chi connectivity index (χ0v) is 10.9. The Morgan fingerprint density at radius 2 is 2.18 bits per heavy atom. The summed E-state index contributed by atoms with van der Waals surface area (Å²) in [6, 6.07) is 2.09. The molecule has 17 heavy (non-hydrogen) atoms. The van der Waals surface area contributed by atoms with Gasteiger partial charge < -0.3 is 4.74 Å². The van der Waals surface area contributed by atoms with Gasteiger partial charge in [0, 0.05) is 17.8 Å². The Labute approximate surface area is 104 Å². The van der Waals surface area contributed by atoms with Gasteiger partial charge >= 0.3 is 0 Å². The van der Waals surface area contributed by atoms with Crippen LogP contribution in [-0.4, -0.2) is 12.1 Å². The quantitative estimate of drug-likeness (QED) is 0.565. The van der Waals surface area contributed by atoms with Crippen molar-refractivity contribution in [3.05, 3.63) is 24.0 Å². The fourth-order valence-corrected chi connectivity index (χ4v) is 1.91. The molecule has 4 heteroatoms. The van der Waals surface area contributed by atoms with E-state index >= 15 is 0 Å². The molecule has 1 heterocycles. The Balaban J connectivity index is 2.65. The van der Waals surface area contributed by atoms with Crippen molar-refractivity contribution in [3.8, 4) is 5.75 Å². The number of hydrazine groups is 1. The van der Waals surface area contributed by atoms with E-state index in [9.17, 15) is 0 Å². The summed E-state index contributed by atoms with van der Waals surface area (Å²) in [4.78, 5) is 4.05. The summed E-state index contributed by atoms with van der Waals surface area (Å²) in [7, 11) is 1.65. The van der Waals surface area contributed by atoms with Crippen LogP contribution in [0, 0.1) is 5.92 Å². The number of pyridine rings is 1. The molecular formula is C13H23N3O. The SMILES string of the molecule is COc1cnccc1C(CCCC(C)C)NN. The van der Waals surface area contributed by atoms with Crippen molar-refractivity contribution in [2.75, 3.05) is 7.11 Å². The molecule has 1 unspecified atom stereocenters. The minimum Gasteiger partial charge on any atom is -0.495 e. The summed E-state index contributed by atoms with van der Waals surface area (Å²) >= 11 is 0. The van der Waals surface area contributed by atoms with Crippen LogP contribution in [0.2, 0.25) is 0 Å². The predicted octanol–water partition coefficient (Wildman–Crippen LogP) is 2.42. The van der Waals surface area contributed by atoms with Gasteiger partial charge in [0.25, 0.3) is 0 Å². The standard InChI is InChI=1S/C13H23N3O/c1-10(2)5-4-6-12(16-14)11-7-8-15-9-13(11)17-3/h7-10,12,16H,4-6,14H2,1-3H3. The fourth-order valence-electron chi connectivity index (χ4n) is 1.91. The highest BCUT2D eigenvalue weighted by molar-refractivity contribution is 5.32. The summed E-state index contributed by atoms with van der Waals surface area (Å²) in [6.45, 7) is 4.47. The Morgan fingerprint density at radius 1 is 1.41 bits per heavy atom. The number of hydrogen-bond acceptors (Lipinski definition) is 4. The van der Waals surface area contributed by atoms with E-state index < -0.39 is 0 Å². The number of aromatic nitrogens is 1. The Kier molecular flexibility index (Phi) is 5.94. The zero-order valence-electron chi connectivity index (χ0n) is 10.9. The first-order valence-electron chi connectivity index (χ1n) is 6.13. The van der Waals surface area contributed by atoms with Gasteiger partial charge in [0.1, 0.15) is 5.75 Å². The maximum atomic E-state index is 5.62. The van der Waals surface area contributed by atoms with Gasteiger partial charge in [-0.1, -0.05) is 26.7 Å². The molecule has 1 rings (SSSR count). The summed E-state index contributed by atoms with van der Waals surface area (Å²) < 4.78 is 5.30. The number of nitrogens with one attached hydrogen (secondary N) is 1. The molecule has 0 spiro atoms. The monoisotopic (exact) mass is 237 g/mol. The first-order chi connectivity index (χ1) is 8.19. The Hall–Kier alpha value is -1.13. The van der Waals surface area contributed by atoms with Crippen LogP contribution in [0.5, 0.6) is 5.75 Å². The Bertz CT molecular complexity index is 328. The van der Waals surface area contributed by atoms with Crippen molar-refractivity contribution in [2.24, 2.45) is 11.8 Å². The van der Waals surface area contributed by atoms with Gasteiger partial charge in [0.05, 0.1) is 13.3 Å². The molecule has 96 valence electrons. The Morgan fingerprint density at radius 3 is 2.76 bits per heavy atom. The second-order valence-electron chi connectivity index (χ2n) is 4.66. The van der Waals surface area contributed by atoms with Crippen LogP contribution in [0.4, 0.5) is 0 Å². The number of rotatable bonds is 7. The van der Waals surface area contributed by atoms with Gasteiger partial charge in [-0.15, -0.1) is 0 Å². The van der Waals surface area contributed by atoms with Gasteiger partial charge in [0.15, 0.2) is 0 Å². The van der Waals surface area contributed by atoms with E-state index in [-0.39, 0.29) is 6.04 Å². The molecule has 0 fully saturated rings. The summed E-state index contributed by atoms with van der Waals surface area (Å²) in [5, 5.41) is 0. The van der Waals surface area contributed by atoms with Crippen LogP contribution < -0.4 is 16.0 Å². The molecule has 1 aromatic rings. The van der Waals surface area contributed by atoms with Crippen LogP contribution in [0.1, 0.15) is 44.7 Å². The van der Waals surface area contributed by atoms with Gasteiger partial charge in [-0.2, -0.15) is 0 Å². The van der Waals surface area contributed by atoms with Gasteiger partial charge in [-0.25, -0.2) is 0 Å². The number of methoxy groups -OCH3 is 1. The lowest BCUT2D eigenvalue weighted by atomic mass is 9.98. The summed E-state index contributed by atoms with van der Waals surface area (Å²) in [6.07, 6.45) is 6.87. The van der Waals surface area contributed by atoms with E-state index in [4.69, 9.17) is 10.6 Å². The largest absolute Gasteiger partial charge is 0.495 e. The molecule has 0 saturated heterocycles. The third kappa shape index (κ3) is 4.32. The minimum atomic E-state index is 0.131. The number of ether oxygens (including phenoxy) is 1. The lowest BCUT2D eigenvalue weighted by Crippen LogP contribution is -2.28. The average Bonchev–Trinajstić information content (AvgIpc) is 2.34. The maximum absolute atomic E-state index is 5.62. The lowest BCUT2D eigenvalue weighted by Gasteiger charge is -2.19. The number of nitrogens with two attached hydrogens (primary N) is 1. The number of hydrogen-bond donors (Lipinski definition) is 2. The molecule has 0 amide bonds. The van der Waals surface area contributed by atoms with Gasteiger partial charge in [0.2, 0.25) is 0 Å². The molecule has 0 aromatic carbocycles. The molecule has 0 saturated carbocycles. The fraction of sp³-hybridized carbons (Fsp3) is 0.615. The maximum Gasteiger partial charge on any atom is 0.141 e. The van der Waals surface area contributed by atoms with Crippen LogP contribution in [0.15, 0.2) is 18.5 Å². The third-order valence-electron chi connectivity index (χ3n) is 2.89. The molecule has 0 radical (unpaired) electrons. The summed E-state index contributed by atoms with van der Waals surface area (Å²) in [5.74, 6) is 7.14. The van der Waals surface area contributed by atoms with Crippen LogP contribution in [0.3, 0.4) is 0 Å². The number of nitrogens with zero attached hydrogens (tertiary/aromatic N) is 1. The van der Waals surface area contributed by atoms with Crippen LogP contribution >= 0.6 is 0 Å². The first kappa shape index (κ1) is 13.9. The second kappa shape index (κ2) is 7.25. The van der Waals surface area contributed by atoms with Gasteiger partial charge in [-0.3, -0.25) is 16.3 Å². The highest BCUT2D eigenvalue weighted by Gasteiger charge is 2.14. The third-order valence-corrected chi connectivity index (χ3v) is 2.89. The lowest BCUT2D eigenvalue weighted by molar-refractivity contribution is 0.388. The molecule has 0 bridgehead atoms. The average molecular weight is 237 g/mol. The highest BCUT2D eigenvalue weighted by Crippen LogP contribution is 2.27. The van der Waals surface area contributed by atoms with Crippen molar-refractivity contribution in [3.63, 3.8) is 0 Å². The zero-order chi connectivity index (χ0) is 12.7. The molecule has 4 nitrogen and oxygen atoms in total. The van der Waals surface area contributed by atoms with Crippen molar-refractivity contribution in [1.82, 2.24) is 10.4 Å². The normalized spacial score (nSPS) is 12.8. The first-order valence-corrected chi connectivity index (χ1v) is 6.13. The molecule has 0 aliphatic heterocycles. The van der Waals surface area contributed by atoms with Crippen molar-refractivity contribution in [1.29, 1.82) is 0 Å². The predicted molar refractivity (Wildman–Crippen MR) is 69.5 cm³/mol. The van der Waals surface area contributed by atoms with E-state index in [1.165, 1.54) is 6.42 Å². The van der Waals surface area contributed by atoms with E-state index in [1.54, 1.807) is 19.5 Å². The van der Waals surface area contributed by atoms with E-state index in [0.717, 1.165) is 30.1 Å². The second-order valence-corrected chi connectivity index (χ2v) is 4.66. The van der Waals surface area contributed by atoms with Crippen LogP contribution in [-0.2, 0) is 0 Å². The van der Waals surface area contributed by atoms with Crippen LogP contribution in [0.25, 0.3) is 0 Å². The van der Waals surface area contributed by atoms with E-state index in [0.29, 0.717) is 0 Å². The summed E-state index contributed by atoms with van der Waals surface area (Å²) in [5.41, 5.74) is 3.94. The minimum absolute atomic E-state index is 0.131. The smallest absolute Gasteiger partial charge is 0.141 e. The molecule has 3 N–H and O–H groups in total. The van der Waals surface area contributed by atoms with Gasteiger partial charge in [-0.05, 0) is 18.4 Å². The molecule has 1 atom stereocenters.